The SMILES string of the molecule is C/C=C(/C)N=O. The van der Waals surface area contributed by atoms with Crippen molar-refractivity contribution in [2.75, 3.05) is 0 Å². The van der Waals surface area contributed by atoms with Gasteiger partial charge in [0.25, 0.3) is 0 Å². The van der Waals surface area contributed by atoms with E-state index in [9.17, 15) is 4.91 Å². The second-order valence-electron chi connectivity index (χ2n) is 1.02. The smallest absolute Gasteiger partial charge is 0.0775 e. The molecule has 2 nitrogen and oxygen atoms in total. The Balaban J connectivity index is 3.50. The fourth-order valence-corrected chi connectivity index (χ4v) is 0.0527. The summed E-state index contributed by atoms with van der Waals surface area (Å²) in [6, 6.07) is 0. The van der Waals surface area contributed by atoms with E-state index in [-0.39, 0.29) is 0 Å². The Hall–Kier alpha value is -0.660. The first-order valence-electron chi connectivity index (χ1n) is 1.77. The van der Waals surface area contributed by atoms with Crippen molar-refractivity contribution >= 4 is 0 Å². The summed E-state index contributed by atoms with van der Waals surface area (Å²) in [7, 11) is 0. The normalized spacial score (nSPS) is 11.3. The summed E-state index contributed by atoms with van der Waals surface area (Å²) in [4.78, 5) is 9.42. The average Bonchev–Trinajstić information content (AvgIpc) is 1.65. The van der Waals surface area contributed by atoms with Crippen LogP contribution in [0.5, 0.6) is 0 Å². The number of rotatable bonds is 1. The molecule has 0 saturated carbocycles. The van der Waals surface area contributed by atoms with Crippen molar-refractivity contribution in [2.45, 2.75) is 13.8 Å². The van der Waals surface area contributed by atoms with Crippen molar-refractivity contribution in [2.24, 2.45) is 5.18 Å². The van der Waals surface area contributed by atoms with Crippen LogP contribution in [-0.4, -0.2) is 0 Å². The molecule has 0 atom stereocenters. The van der Waals surface area contributed by atoms with Gasteiger partial charge in [0.05, 0.1) is 5.70 Å². The molecule has 0 N–H and O–H groups in total. The topological polar surface area (TPSA) is 29.4 Å². The Bertz CT molecular complexity index is 75.6. The minimum absolute atomic E-state index is 0.537. The van der Waals surface area contributed by atoms with Crippen LogP contribution in [0.4, 0.5) is 0 Å². The van der Waals surface area contributed by atoms with Gasteiger partial charge in [0.2, 0.25) is 0 Å². The van der Waals surface area contributed by atoms with Crippen LogP contribution in [0.2, 0.25) is 0 Å². The minimum atomic E-state index is 0.537. The second kappa shape index (κ2) is 2.57. The molecule has 34 valence electrons. The number of hydrogen-bond donors (Lipinski definition) is 0. The van der Waals surface area contributed by atoms with Crippen LogP contribution in [0.15, 0.2) is 16.9 Å². The summed E-state index contributed by atoms with van der Waals surface area (Å²) < 4.78 is 0. The average molecular weight is 85.1 g/mol. The van der Waals surface area contributed by atoms with Gasteiger partial charge in [-0.05, 0) is 19.0 Å². The zero-order valence-electron chi connectivity index (χ0n) is 3.93. The lowest BCUT2D eigenvalue weighted by Gasteiger charge is -1.72. The van der Waals surface area contributed by atoms with Gasteiger partial charge in [-0.15, -0.1) is 4.91 Å². The molecule has 0 aromatic heterocycles. The molecule has 0 radical (unpaired) electrons. The molecule has 0 unspecified atom stereocenters. The van der Waals surface area contributed by atoms with Gasteiger partial charge in [-0.1, -0.05) is 6.08 Å². The first kappa shape index (κ1) is 5.34. The molecule has 0 aliphatic heterocycles. The van der Waals surface area contributed by atoms with Crippen LogP contribution in [0.3, 0.4) is 0 Å². The van der Waals surface area contributed by atoms with E-state index >= 15 is 0 Å². The summed E-state index contributed by atoms with van der Waals surface area (Å²) in [5.74, 6) is 0. The lowest BCUT2D eigenvalue weighted by Crippen LogP contribution is -1.56. The molecule has 0 amide bonds. The van der Waals surface area contributed by atoms with E-state index in [4.69, 9.17) is 0 Å². The molecule has 0 bridgehead atoms. The molecular formula is C4H7NO. The summed E-state index contributed by atoms with van der Waals surface area (Å²) in [5.41, 5.74) is 0.537. The summed E-state index contributed by atoms with van der Waals surface area (Å²) in [6.45, 7) is 3.43. The standard InChI is InChI=1S/C4H7NO/c1-3-4(2)5-6/h3H,1-2H3/b4-3-. The minimum Gasteiger partial charge on any atom is -0.145 e. The molecule has 0 aromatic carbocycles. The molecule has 0 aliphatic rings. The fraction of sp³-hybridized carbons (Fsp3) is 0.500. The predicted octanol–water partition coefficient (Wildman–Crippen LogP) is 1.68. The van der Waals surface area contributed by atoms with Gasteiger partial charge < -0.3 is 0 Å². The third-order valence-corrected chi connectivity index (χ3v) is 0.562. The third-order valence-electron chi connectivity index (χ3n) is 0.562. The van der Waals surface area contributed by atoms with E-state index in [2.05, 4.69) is 5.18 Å². The van der Waals surface area contributed by atoms with Gasteiger partial charge >= 0.3 is 0 Å². The summed E-state index contributed by atoms with van der Waals surface area (Å²) in [5, 5.41) is 2.62. The Morgan fingerprint density at radius 3 is 2.33 bits per heavy atom. The maximum absolute atomic E-state index is 9.42. The largest absolute Gasteiger partial charge is 0.145 e. The molecule has 2 heteroatoms. The molecule has 0 aromatic rings. The van der Waals surface area contributed by atoms with Crippen LogP contribution in [0.25, 0.3) is 0 Å². The van der Waals surface area contributed by atoms with Gasteiger partial charge in [-0.25, -0.2) is 0 Å². The molecule has 0 aliphatic carbocycles. The summed E-state index contributed by atoms with van der Waals surface area (Å²) in [6.07, 6.45) is 1.66. The van der Waals surface area contributed by atoms with E-state index in [1.165, 1.54) is 0 Å². The number of hydrogen-bond acceptors (Lipinski definition) is 2. The Labute approximate surface area is 36.8 Å². The van der Waals surface area contributed by atoms with Crippen LogP contribution in [-0.2, 0) is 0 Å². The van der Waals surface area contributed by atoms with Crippen molar-refractivity contribution in [3.05, 3.63) is 16.7 Å². The van der Waals surface area contributed by atoms with E-state index < -0.39 is 0 Å². The van der Waals surface area contributed by atoms with Gasteiger partial charge in [0.15, 0.2) is 0 Å². The number of nitrogens with zero attached hydrogens (tertiary/aromatic N) is 1. The van der Waals surface area contributed by atoms with E-state index in [0.29, 0.717) is 5.70 Å². The van der Waals surface area contributed by atoms with Crippen LogP contribution >= 0.6 is 0 Å². The van der Waals surface area contributed by atoms with Gasteiger partial charge in [0.1, 0.15) is 0 Å². The molecule has 0 rings (SSSR count). The second-order valence-corrected chi connectivity index (χ2v) is 1.02. The molecule has 0 spiro atoms. The van der Waals surface area contributed by atoms with Gasteiger partial charge in [0, 0.05) is 0 Å². The summed E-state index contributed by atoms with van der Waals surface area (Å²) >= 11 is 0. The Morgan fingerprint density at radius 1 is 1.83 bits per heavy atom. The Morgan fingerprint density at radius 2 is 2.33 bits per heavy atom. The zero-order chi connectivity index (χ0) is 4.99. The lowest BCUT2D eigenvalue weighted by atomic mass is 10.5. The molecule has 0 heterocycles. The maximum Gasteiger partial charge on any atom is 0.0775 e. The van der Waals surface area contributed by atoms with Crippen molar-refractivity contribution in [1.82, 2.24) is 0 Å². The maximum atomic E-state index is 9.42. The lowest BCUT2D eigenvalue weighted by molar-refractivity contribution is 1.27. The third kappa shape index (κ3) is 1.64. The van der Waals surface area contributed by atoms with Crippen LogP contribution in [0.1, 0.15) is 13.8 Å². The van der Waals surface area contributed by atoms with E-state index in [1.807, 2.05) is 0 Å². The first-order chi connectivity index (χ1) is 2.81. The molecule has 0 fully saturated rings. The zero-order valence-corrected chi connectivity index (χ0v) is 3.93. The molecular weight excluding hydrogens is 78.0 g/mol. The van der Waals surface area contributed by atoms with Gasteiger partial charge in [-0.2, -0.15) is 0 Å². The number of nitroso groups, excluding NO2 is 1. The quantitative estimate of drug-likeness (QED) is 0.445. The van der Waals surface area contributed by atoms with E-state index in [1.54, 1.807) is 19.9 Å². The van der Waals surface area contributed by atoms with E-state index in [0.717, 1.165) is 0 Å². The monoisotopic (exact) mass is 85.1 g/mol. The highest BCUT2D eigenvalue weighted by molar-refractivity contribution is 4.91. The first-order valence-corrected chi connectivity index (χ1v) is 1.77. The number of allylic oxidation sites excluding steroid dienone is 2. The fourth-order valence-electron chi connectivity index (χ4n) is 0.0527. The van der Waals surface area contributed by atoms with Crippen molar-refractivity contribution in [1.29, 1.82) is 0 Å². The molecule has 0 saturated heterocycles. The highest BCUT2D eigenvalue weighted by Crippen LogP contribution is 1.88. The highest BCUT2D eigenvalue weighted by Gasteiger charge is 1.73. The van der Waals surface area contributed by atoms with Crippen molar-refractivity contribution < 1.29 is 0 Å². The van der Waals surface area contributed by atoms with Crippen molar-refractivity contribution in [3.63, 3.8) is 0 Å². The Kier molecular flexibility index (Phi) is 2.29. The molecule has 6 heavy (non-hydrogen) atoms. The van der Waals surface area contributed by atoms with Crippen LogP contribution < -0.4 is 0 Å². The van der Waals surface area contributed by atoms with Gasteiger partial charge in [-0.3, -0.25) is 0 Å². The highest BCUT2D eigenvalue weighted by atomic mass is 16.3. The van der Waals surface area contributed by atoms with Crippen LogP contribution in [0, 0.1) is 4.91 Å². The predicted molar refractivity (Wildman–Crippen MR) is 25.2 cm³/mol. The van der Waals surface area contributed by atoms with Crippen molar-refractivity contribution in [3.8, 4) is 0 Å².